The molecule has 1 aliphatic rings. The van der Waals surface area contributed by atoms with E-state index in [-0.39, 0.29) is 0 Å². The summed E-state index contributed by atoms with van der Waals surface area (Å²) in [5, 5.41) is 3.63. The van der Waals surface area contributed by atoms with Gasteiger partial charge in [0.15, 0.2) is 0 Å². The molecule has 0 amide bonds. The molecule has 1 N–H and O–H groups in total. The maximum Gasteiger partial charge on any atom is 0.0147 e. The second-order valence-corrected chi connectivity index (χ2v) is 5.90. The Kier molecular flexibility index (Phi) is 4.64. The number of allylic oxidation sites excluding steroid dienone is 4. The van der Waals surface area contributed by atoms with Crippen LogP contribution < -0.4 is 5.32 Å². The molecule has 0 saturated carbocycles. The highest BCUT2D eigenvalue weighted by atomic mass is 14.9. The normalized spacial score (nSPS) is 21.4. The quantitative estimate of drug-likeness (QED) is 0.750. The number of hydrogen-bond acceptors (Lipinski definition) is 1. The van der Waals surface area contributed by atoms with Crippen LogP contribution in [0.25, 0.3) is 0 Å². The van der Waals surface area contributed by atoms with Crippen molar-refractivity contribution in [3.63, 3.8) is 0 Å². The molecule has 0 atom stereocenters. The molecule has 0 fully saturated rings. The van der Waals surface area contributed by atoms with Crippen LogP contribution in [0.2, 0.25) is 0 Å². The fourth-order valence-electron chi connectivity index (χ4n) is 2.49. The third-order valence-electron chi connectivity index (χ3n) is 3.32. The van der Waals surface area contributed by atoms with Crippen molar-refractivity contribution in [1.82, 2.24) is 5.32 Å². The van der Waals surface area contributed by atoms with E-state index in [1.807, 2.05) is 0 Å². The van der Waals surface area contributed by atoms with Crippen molar-refractivity contribution in [1.29, 1.82) is 0 Å². The molecule has 0 unspecified atom stereocenters. The fraction of sp³-hybridized carbons (Fsp3) is 0.733. The monoisotopic (exact) mass is 221 g/mol. The van der Waals surface area contributed by atoms with Crippen molar-refractivity contribution >= 4 is 0 Å². The lowest BCUT2D eigenvalue weighted by atomic mass is 9.78. The van der Waals surface area contributed by atoms with Crippen molar-refractivity contribution in [2.75, 3.05) is 6.54 Å². The Bertz CT molecular complexity index is 282. The van der Waals surface area contributed by atoms with Gasteiger partial charge in [-0.25, -0.2) is 0 Å². The molecule has 0 bridgehead atoms. The highest BCUT2D eigenvalue weighted by Gasteiger charge is 2.26. The summed E-state index contributed by atoms with van der Waals surface area (Å²) >= 11 is 0. The molecule has 0 spiro atoms. The zero-order valence-electron chi connectivity index (χ0n) is 11.6. The van der Waals surface area contributed by atoms with E-state index in [1.165, 1.54) is 30.5 Å². The Morgan fingerprint density at radius 1 is 1.38 bits per heavy atom. The predicted octanol–water partition coefficient (Wildman–Crippen LogP) is 4.27. The molecule has 0 aliphatic carbocycles. The van der Waals surface area contributed by atoms with Gasteiger partial charge in [0, 0.05) is 12.2 Å². The first-order chi connectivity index (χ1) is 7.47. The van der Waals surface area contributed by atoms with Gasteiger partial charge >= 0.3 is 0 Å². The first kappa shape index (κ1) is 13.3. The molecule has 0 aromatic heterocycles. The van der Waals surface area contributed by atoms with E-state index in [1.54, 1.807) is 0 Å². The van der Waals surface area contributed by atoms with Gasteiger partial charge in [-0.15, -0.1) is 0 Å². The lowest BCUT2D eigenvalue weighted by Crippen LogP contribution is -2.18. The summed E-state index contributed by atoms with van der Waals surface area (Å²) in [6, 6.07) is 0. The largest absolute Gasteiger partial charge is 0.388 e. The third-order valence-corrected chi connectivity index (χ3v) is 3.32. The van der Waals surface area contributed by atoms with Crippen LogP contribution in [0.3, 0.4) is 0 Å². The van der Waals surface area contributed by atoms with Crippen molar-refractivity contribution < 1.29 is 0 Å². The van der Waals surface area contributed by atoms with E-state index >= 15 is 0 Å². The summed E-state index contributed by atoms with van der Waals surface area (Å²) < 4.78 is 0. The van der Waals surface area contributed by atoms with Crippen molar-refractivity contribution in [3.8, 4) is 0 Å². The van der Waals surface area contributed by atoms with E-state index in [0.717, 1.165) is 12.5 Å². The standard InChI is InChI=1S/C15H27N/c1-6-8-13-14(11-12(2)3)16-10-7-9-15(13,4)5/h6,8,12,16H,7,9-11H2,1-5H3/b8-6-. The van der Waals surface area contributed by atoms with Gasteiger partial charge in [0.05, 0.1) is 0 Å². The van der Waals surface area contributed by atoms with E-state index in [2.05, 4.69) is 52.1 Å². The first-order valence-corrected chi connectivity index (χ1v) is 6.57. The molecule has 1 nitrogen and oxygen atoms in total. The predicted molar refractivity (Wildman–Crippen MR) is 72.3 cm³/mol. The summed E-state index contributed by atoms with van der Waals surface area (Å²) in [6.07, 6.45) is 8.19. The van der Waals surface area contributed by atoms with Crippen molar-refractivity contribution in [2.24, 2.45) is 11.3 Å². The highest BCUT2D eigenvalue weighted by Crippen LogP contribution is 2.37. The molecule has 0 radical (unpaired) electrons. The summed E-state index contributed by atoms with van der Waals surface area (Å²) in [7, 11) is 0. The first-order valence-electron chi connectivity index (χ1n) is 6.57. The summed E-state index contributed by atoms with van der Waals surface area (Å²) in [4.78, 5) is 0. The van der Waals surface area contributed by atoms with Gasteiger partial charge in [-0.2, -0.15) is 0 Å². The minimum atomic E-state index is 0.320. The molecule has 0 saturated heterocycles. The zero-order chi connectivity index (χ0) is 12.2. The topological polar surface area (TPSA) is 12.0 Å². The summed E-state index contributed by atoms with van der Waals surface area (Å²) in [6.45, 7) is 12.6. The Hall–Kier alpha value is -0.720. The van der Waals surface area contributed by atoms with Crippen LogP contribution in [-0.2, 0) is 0 Å². The molecular weight excluding hydrogens is 194 g/mol. The molecule has 1 heterocycles. The molecule has 0 aromatic rings. The second kappa shape index (κ2) is 5.56. The van der Waals surface area contributed by atoms with Crippen LogP contribution in [0.1, 0.15) is 53.9 Å². The lowest BCUT2D eigenvalue weighted by molar-refractivity contribution is 0.411. The maximum absolute atomic E-state index is 3.63. The van der Waals surface area contributed by atoms with Gasteiger partial charge in [0.25, 0.3) is 0 Å². The van der Waals surface area contributed by atoms with Gasteiger partial charge in [-0.05, 0) is 43.1 Å². The fourth-order valence-corrected chi connectivity index (χ4v) is 2.49. The third kappa shape index (κ3) is 3.40. The van der Waals surface area contributed by atoms with Crippen LogP contribution in [0.5, 0.6) is 0 Å². The van der Waals surface area contributed by atoms with E-state index in [0.29, 0.717) is 5.41 Å². The average Bonchev–Trinajstić information content (AvgIpc) is 2.29. The molecule has 92 valence electrons. The van der Waals surface area contributed by atoms with Crippen LogP contribution >= 0.6 is 0 Å². The van der Waals surface area contributed by atoms with E-state index in [4.69, 9.17) is 0 Å². The number of nitrogens with one attached hydrogen (secondary N) is 1. The van der Waals surface area contributed by atoms with Crippen LogP contribution in [0.4, 0.5) is 0 Å². The molecule has 1 aliphatic heterocycles. The Labute approximate surface area is 101 Å². The minimum absolute atomic E-state index is 0.320. The summed E-state index contributed by atoms with van der Waals surface area (Å²) in [5.41, 5.74) is 3.30. The van der Waals surface area contributed by atoms with E-state index < -0.39 is 0 Å². The smallest absolute Gasteiger partial charge is 0.0147 e. The molecule has 16 heavy (non-hydrogen) atoms. The number of hydrogen-bond donors (Lipinski definition) is 1. The Morgan fingerprint density at radius 2 is 2.06 bits per heavy atom. The molecular formula is C15H27N. The molecule has 1 heteroatoms. The molecule has 1 rings (SSSR count). The van der Waals surface area contributed by atoms with Gasteiger partial charge in [0.1, 0.15) is 0 Å². The van der Waals surface area contributed by atoms with Gasteiger partial charge in [-0.1, -0.05) is 39.8 Å². The Balaban J connectivity index is 3.07. The summed E-state index contributed by atoms with van der Waals surface area (Å²) in [5.74, 6) is 0.719. The number of rotatable bonds is 3. The zero-order valence-corrected chi connectivity index (χ0v) is 11.6. The second-order valence-electron chi connectivity index (χ2n) is 5.90. The van der Waals surface area contributed by atoms with Crippen LogP contribution in [-0.4, -0.2) is 6.54 Å². The van der Waals surface area contributed by atoms with E-state index in [9.17, 15) is 0 Å². The molecule has 0 aromatic carbocycles. The van der Waals surface area contributed by atoms with Crippen molar-refractivity contribution in [2.45, 2.75) is 53.9 Å². The maximum atomic E-state index is 3.63. The Morgan fingerprint density at radius 3 is 2.62 bits per heavy atom. The lowest BCUT2D eigenvalue weighted by Gasteiger charge is -2.27. The van der Waals surface area contributed by atoms with Crippen LogP contribution in [0, 0.1) is 11.3 Å². The highest BCUT2D eigenvalue weighted by molar-refractivity contribution is 5.31. The van der Waals surface area contributed by atoms with Gasteiger partial charge < -0.3 is 5.32 Å². The van der Waals surface area contributed by atoms with Crippen LogP contribution in [0.15, 0.2) is 23.4 Å². The van der Waals surface area contributed by atoms with Gasteiger partial charge in [-0.3, -0.25) is 0 Å². The minimum Gasteiger partial charge on any atom is -0.388 e. The van der Waals surface area contributed by atoms with Crippen molar-refractivity contribution in [3.05, 3.63) is 23.4 Å². The SMILES string of the molecule is C/C=C\C1=C(CC(C)C)NCCCC1(C)C. The average molecular weight is 221 g/mol. The van der Waals surface area contributed by atoms with Gasteiger partial charge in [0.2, 0.25) is 0 Å².